The summed E-state index contributed by atoms with van der Waals surface area (Å²) < 4.78 is 28.7. The van der Waals surface area contributed by atoms with Crippen molar-refractivity contribution in [2.75, 3.05) is 26.2 Å². The Labute approximate surface area is 223 Å². The fourth-order valence-corrected chi connectivity index (χ4v) is 6.49. The molecule has 0 radical (unpaired) electrons. The van der Waals surface area contributed by atoms with Crippen LogP contribution in [0.4, 0.5) is 0 Å². The van der Waals surface area contributed by atoms with Crippen molar-refractivity contribution in [3.05, 3.63) is 41.4 Å². The van der Waals surface area contributed by atoms with Gasteiger partial charge in [-0.15, -0.1) is 0 Å². The molecule has 2 aliphatic heterocycles. The van der Waals surface area contributed by atoms with Crippen molar-refractivity contribution < 1.29 is 23.1 Å². The predicted molar refractivity (Wildman–Crippen MR) is 143 cm³/mol. The summed E-state index contributed by atoms with van der Waals surface area (Å²) in [6.07, 6.45) is 2.38. The minimum Gasteiger partial charge on any atom is -0.393 e. The fourth-order valence-electron chi connectivity index (χ4n) is 5.05. The average Bonchev–Trinajstić information content (AvgIpc) is 3.21. The van der Waals surface area contributed by atoms with Crippen LogP contribution in [0.2, 0.25) is 5.02 Å². The third-order valence-electron chi connectivity index (χ3n) is 7.17. The first kappa shape index (κ1) is 27.8. The molecule has 4 atom stereocenters. The Kier molecular flexibility index (Phi) is 8.75. The number of hydrogen-bond donors (Lipinski definition) is 3. The maximum absolute atomic E-state index is 13.2. The predicted octanol–water partition coefficient (Wildman–Crippen LogP) is 2.11. The van der Waals surface area contributed by atoms with E-state index in [2.05, 4.69) is 10.0 Å². The molecule has 0 aromatic heterocycles. The molecule has 2 aromatic carbocycles. The van der Waals surface area contributed by atoms with Crippen molar-refractivity contribution in [3.63, 3.8) is 0 Å². The van der Waals surface area contributed by atoms with Crippen LogP contribution in [0.3, 0.4) is 0 Å². The normalized spacial score (nSPS) is 22.4. The summed E-state index contributed by atoms with van der Waals surface area (Å²) in [5.41, 5.74) is 0. The van der Waals surface area contributed by atoms with Crippen LogP contribution in [0.15, 0.2) is 41.3 Å². The van der Waals surface area contributed by atoms with Gasteiger partial charge in [-0.2, -0.15) is 4.72 Å². The van der Waals surface area contributed by atoms with Gasteiger partial charge in [-0.25, -0.2) is 8.42 Å². The molecule has 0 bridgehead atoms. The Bertz CT molecular complexity index is 1250. The van der Waals surface area contributed by atoms with Gasteiger partial charge in [-0.3, -0.25) is 9.59 Å². The van der Waals surface area contributed by atoms with Gasteiger partial charge < -0.3 is 20.2 Å². The molecule has 4 rings (SSSR count). The van der Waals surface area contributed by atoms with E-state index in [0.717, 1.165) is 23.6 Å². The maximum atomic E-state index is 13.2. The highest BCUT2D eigenvalue weighted by Crippen LogP contribution is 2.24. The van der Waals surface area contributed by atoms with Gasteiger partial charge in [0.15, 0.2) is 0 Å². The molecule has 0 aliphatic carbocycles. The van der Waals surface area contributed by atoms with Crippen molar-refractivity contribution in [2.45, 2.75) is 68.7 Å². The van der Waals surface area contributed by atoms with Gasteiger partial charge in [-0.05, 0) is 81.1 Å². The van der Waals surface area contributed by atoms with Crippen molar-refractivity contribution in [2.24, 2.45) is 0 Å². The summed E-state index contributed by atoms with van der Waals surface area (Å²) in [7, 11) is -3.94. The second-order valence-electron chi connectivity index (χ2n) is 10.0. The van der Waals surface area contributed by atoms with Crippen LogP contribution in [0.25, 0.3) is 10.8 Å². The molecular weight excluding hydrogens is 516 g/mol. The van der Waals surface area contributed by atoms with E-state index in [9.17, 15) is 23.1 Å². The molecule has 2 unspecified atom stereocenters. The third kappa shape index (κ3) is 6.61. The SMILES string of the molecule is CC(O)CCNC1CCCN(C(=O)[C@H](C)N2CC[C@H](NS(=O)(=O)c3ccc4cc(Cl)ccc4c3)C2=O)C1. The average molecular weight is 551 g/mol. The van der Waals surface area contributed by atoms with Crippen molar-refractivity contribution >= 4 is 44.2 Å². The maximum Gasteiger partial charge on any atom is 0.245 e. The Morgan fingerprint density at radius 2 is 1.86 bits per heavy atom. The van der Waals surface area contributed by atoms with E-state index >= 15 is 0 Å². The number of aliphatic hydroxyl groups excluding tert-OH is 1. The number of benzene rings is 2. The van der Waals surface area contributed by atoms with Crippen LogP contribution >= 0.6 is 11.6 Å². The summed E-state index contributed by atoms with van der Waals surface area (Å²) in [5, 5.41) is 15.0. The van der Waals surface area contributed by atoms with Gasteiger partial charge in [0.25, 0.3) is 0 Å². The molecule has 37 heavy (non-hydrogen) atoms. The van der Waals surface area contributed by atoms with Gasteiger partial charge in [0, 0.05) is 30.7 Å². The zero-order chi connectivity index (χ0) is 26.7. The van der Waals surface area contributed by atoms with E-state index in [-0.39, 0.29) is 28.9 Å². The van der Waals surface area contributed by atoms with Gasteiger partial charge >= 0.3 is 0 Å². The zero-order valence-corrected chi connectivity index (χ0v) is 22.8. The highest BCUT2D eigenvalue weighted by molar-refractivity contribution is 7.89. The number of hydrogen-bond acceptors (Lipinski definition) is 6. The Hall–Kier alpha value is -2.24. The number of halogens is 1. The Morgan fingerprint density at radius 3 is 2.62 bits per heavy atom. The zero-order valence-electron chi connectivity index (χ0n) is 21.2. The van der Waals surface area contributed by atoms with Crippen LogP contribution in [0.1, 0.15) is 39.5 Å². The van der Waals surface area contributed by atoms with E-state index in [1.807, 2.05) is 0 Å². The first-order valence-corrected chi connectivity index (χ1v) is 14.6. The largest absolute Gasteiger partial charge is 0.393 e. The van der Waals surface area contributed by atoms with E-state index in [0.29, 0.717) is 44.0 Å². The second kappa shape index (κ2) is 11.7. The lowest BCUT2D eigenvalue weighted by molar-refractivity contribution is -0.144. The minimum absolute atomic E-state index is 0.0696. The number of rotatable bonds is 9. The Balaban J connectivity index is 1.37. The number of carbonyl (C=O) groups excluding carboxylic acids is 2. The summed E-state index contributed by atoms with van der Waals surface area (Å²) in [5.74, 6) is -0.521. The first-order valence-electron chi connectivity index (χ1n) is 12.8. The Morgan fingerprint density at radius 1 is 1.14 bits per heavy atom. The number of aliphatic hydroxyl groups is 1. The number of nitrogens with one attached hydrogen (secondary N) is 2. The molecule has 3 N–H and O–H groups in total. The molecule has 9 nitrogen and oxygen atoms in total. The number of sulfonamides is 1. The van der Waals surface area contributed by atoms with E-state index in [1.54, 1.807) is 49.1 Å². The van der Waals surface area contributed by atoms with Crippen LogP contribution in [-0.2, 0) is 19.6 Å². The van der Waals surface area contributed by atoms with Crippen molar-refractivity contribution in [1.29, 1.82) is 0 Å². The fraction of sp³-hybridized carbons (Fsp3) is 0.538. The molecular formula is C26H35ClN4O5S. The topological polar surface area (TPSA) is 119 Å². The number of carbonyl (C=O) groups is 2. The number of nitrogens with zero attached hydrogens (tertiary/aromatic N) is 2. The number of amides is 2. The number of likely N-dealkylation sites (tertiary alicyclic amines) is 2. The molecule has 2 saturated heterocycles. The molecule has 0 saturated carbocycles. The molecule has 202 valence electrons. The highest BCUT2D eigenvalue weighted by atomic mass is 35.5. The number of fused-ring (bicyclic) bond motifs is 1. The van der Waals surface area contributed by atoms with Gasteiger partial charge in [0.05, 0.1) is 11.0 Å². The summed E-state index contributed by atoms with van der Waals surface area (Å²) in [6, 6.07) is 8.49. The van der Waals surface area contributed by atoms with E-state index in [1.165, 1.54) is 11.0 Å². The molecule has 0 spiro atoms. The molecule has 2 fully saturated rings. The minimum atomic E-state index is -3.94. The molecule has 2 aromatic rings. The van der Waals surface area contributed by atoms with Crippen LogP contribution in [0.5, 0.6) is 0 Å². The van der Waals surface area contributed by atoms with Crippen LogP contribution in [0, 0.1) is 0 Å². The number of piperidine rings is 1. The third-order valence-corrected chi connectivity index (χ3v) is 8.88. The van der Waals surface area contributed by atoms with E-state index < -0.39 is 22.1 Å². The quantitative estimate of drug-likeness (QED) is 0.440. The standard InChI is InChI=1S/C26H35ClN4O5S/c1-17(32)9-11-28-22-4-3-12-30(16-22)25(33)18(2)31-13-10-24(26(31)34)29-37(35,36)23-8-6-19-14-21(27)7-5-20(19)15-23/h5-8,14-15,17-18,22,24,28-29,32H,3-4,9-13,16H2,1-2H3/t17?,18-,22?,24-/m0/s1. The highest BCUT2D eigenvalue weighted by Gasteiger charge is 2.40. The lowest BCUT2D eigenvalue weighted by Crippen LogP contribution is -2.54. The summed E-state index contributed by atoms with van der Waals surface area (Å²) >= 11 is 6.02. The lowest BCUT2D eigenvalue weighted by Gasteiger charge is -2.36. The molecule has 2 aliphatic rings. The first-order chi connectivity index (χ1) is 17.5. The lowest BCUT2D eigenvalue weighted by atomic mass is 10.0. The van der Waals surface area contributed by atoms with E-state index in [4.69, 9.17) is 11.6 Å². The van der Waals surface area contributed by atoms with Crippen molar-refractivity contribution in [1.82, 2.24) is 19.8 Å². The van der Waals surface area contributed by atoms with Crippen LogP contribution < -0.4 is 10.0 Å². The van der Waals surface area contributed by atoms with Gasteiger partial charge in [0.2, 0.25) is 21.8 Å². The van der Waals surface area contributed by atoms with Crippen molar-refractivity contribution in [3.8, 4) is 0 Å². The van der Waals surface area contributed by atoms with Gasteiger partial charge in [-0.1, -0.05) is 23.7 Å². The van der Waals surface area contributed by atoms with Crippen LogP contribution in [-0.4, -0.2) is 85.5 Å². The summed E-state index contributed by atoms with van der Waals surface area (Å²) in [4.78, 5) is 29.7. The molecule has 11 heteroatoms. The smallest absolute Gasteiger partial charge is 0.245 e. The molecule has 2 heterocycles. The van der Waals surface area contributed by atoms with Gasteiger partial charge in [0.1, 0.15) is 12.1 Å². The second-order valence-corrected chi connectivity index (χ2v) is 12.2. The molecule has 2 amide bonds. The monoisotopic (exact) mass is 550 g/mol. The summed E-state index contributed by atoms with van der Waals surface area (Å²) in [6.45, 7) is 5.61.